The van der Waals surface area contributed by atoms with Crippen molar-refractivity contribution in [1.82, 2.24) is 15.1 Å². The van der Waals surface area contributed by atoms with Gasteiger partial charge >= 0.3 is 0 Å². The number of carbonyl (C=O) groups excluding carboxylic acids is 1. The quantitative estimate of drug-likeness (QED) is 0.745. The lowest BCUT2D eigenvalue weighted by Gasteiger charge is -2.26. The second kappa shape index (κ2) is 6.76. The predicted octanol–water partition coefficient (Wildman–Crippen LogP) is 4.32. The Hall–Kier alpha value is -2.34. The third kappa shape index (κ3) is 3.09. The molecule has 1 amide bonds. The highest BCUT2D eigenvalue weighted by atomic mass is 32.1. The number of hydrogen-bond donors (Lipinski definition) is 1. The molecule has 3 aromatic rings. The van der Waals surface area contributed by atoms with Crippen molar-refractivity contribution in [2.45, 2.75) is 39.8 Å². The Kier molecular flexibility index (Phi) is 4.44. The summed E-state index contributed by atoms with van der Waals surface area (Å²) in [5, 5.41) is 8.88. The molecule has 1 aliphatic heterocycles. The van der Waals surface area contributed by atoms with Crippen LogP contribution in [-0.2, 0) is 6.54 Å². The molecule has 0 radical (unpaired) electrons. The Bertz CT molecular complexity index is 957. The lowest BCUT2D eigenvalue weighted by Crippen LogP contribution is -2.31. The second-order valence-electron chi connectivity index (χ2n) is 7.19. The Labute approximate surface area is 157 Å². The van der Waals surface area contributed by atoms with E-state index in [9.17, 15) is 4.79 Å². The van der Waals surface area contributed by atoms with Crippen molar-refractivity contribution in [2.75, 3.05) is 6.61 Å². The molecular weight excluding hydrogens is 346 g/mol. The first kappa shape index (κ1) is 17.1. The fraction of sp³-hybridized carbons (Fsp3) is 0.400. The number of benzene rings is 1. The van der Waals surface area contributed by atoms with Gasteiger partial charge in [-0.1, -0.05) is 32.0 Å². The van der Waals surface area contributed by atoms with Gasteiger partial charge in [0.25, 0.3) is 5.91 Å². The summed E-state index contributed by atoms with van der Waals surface area (Å²) in [6.07, 6.45) is 0.786. The minimum Gasteiger partial charge on any atom is -0.493 e. The summed E-state index contributed by atoms with van der Waals surface area (Å²) in [4.78, 5) is 14.7. The molecule has 1 aliphatic rings. The molecule has 0 spiro atoms. The van der Waals surface area contributed by atoms with Gasteiger partial charge in [-0.05, 0) is 25.0 Å². The van der Waals surface area contributed by atoms with Gasteiger partial charge < -0.3 is 10.1 Å². The van der Waals surface area contributed by atoms with Gasteiger partial charge in [0.2, 0.25) is 0 Å². The van der Waals surface area contributed by atoms with Crippen LogP contribution in [0, 0.1) is 12.8 Å². The highest BCUT2D eigenvalue weighted by Crippen LogP contribution is 2.33. The summed E-state index contributed by atoms with van der Waals surface area (Å²) >= 11 is 1.52. The number of aromatic nitrogens is 2. The van der Waals surface area contributed by atoms with E-state index in [1.165, 1.54) is 11.3 Å². The topological polar surface area (TPSA) is 56.2 Å². The smallest absolute Gasteiger partial charge is 0.261 e. The molecule has 2 aromatic heterocycles. The first-order chi connectivity index (χ1) is 12.5. The highest BCUT2D eigenvalue weighted by Gasteiger charge is 2.24. The van der Waals surface area contributed by atoms with Crippen molar-refractivity contribution in [3.8, 4) is 5.75 Å². The highest BCUT2D eigenvalue weighted by molar-refractivity contribution is 7.20. The molecule has 5 nitrogen and oxygen atoms in total. The summed E-state index contributed by atoms with van der Waals surface area (Å²) in [6.45, 7) is 7.83. The predicted molar refractivity (Wildman–Crippen MR) is 104 cm³/mol. The normalized spacial score (nSPS) is 16.5. The van der Waals surface area contributed by atoms with E-state index >= 15 is 0 Å². The van der Waals surface area contributed by atoms with Crippen molar-refractivity contribution < 1.29 is 9.53 Å². The van der Waals surface area contributed by atoms with E-state index in [0.717, 1.165) is 45.1 Å². The number of rotatable bonds is 4. The fourth-order valence-electron chi connectivity index (χ4n) is 3.42. The van der Waals surface area contributed by atoms with Gasteiger partial charge in [0.1, 0.15) is 10.6 Å². The molecule has 0 saturated carbocycles. The minimum absolute atomic E-state index is 0.00841. The zero-order valence-electron chi connectivity index (χ0n) is 15.3. The summed E-state index contributed by atoms with van der Waals surface area (Å²) in [7, 11) is 0. The molecule has 0 bridgehead atoms. The molecule has 0 fully saturated rings. The van der Waals surface area contributed by atoms with Gasteiger partial charge in [0.05, 0.1) is 23.2 Å². The Morgan fingerprint density at radius 1 is 1.42 bits per heavy atom. The second-order valence-corrected chi connectivity index (χ2v) is 8.22. The van der Waals surface area contributed by atoms with Crippen LogP contribution in [0.5, 0.6) is 5.75 Å². The van der Waals surface area contributed by atoms with Crippen LogP contribution in [0.3, 0.4) is 0 Å². The van der Waals surface area contributed by atoms with Crippen LogP contribution < -0.4 is 10.1 Å². The number of aryl methyl sites for hydroxylation is 1. The van der Waals surface area contributed by atoms with Gasteiger partial charge in [0, 0.05) is 23.9 Å². The maximum absolute atomic E-state index is 12.9. The monoisotopic (exact) mass is 369 g/mol. The van der Waals surface area contributed by atoms with Crippen LogP contribution in [0.1, 0.15) is 47.2 Å². The minimum atomic E-state index is -0.0246. The van der Waals surface area contributed by atoms with Crippen LogP contribution in [0.25, 0.3) is 10.2 Å². The van der Waals surface area contributed by atoms with E-state index in [1.807, 2.05) is 41.9 Å². The maximum Gasteiger partial charge on any atom is 0.261 e. The van der Waals surface area contributed by atoms with Crippen LogP contribution in [0.4, 0.5) is 0 Å². The van der Waals surface area contributed by atoms with Gasteiger partial charge in [-0.15, -0.1) is 11.3 Å². The van der Waals surface area contributed by atoms with Crippen molar-refractivity contribution in [2.24, 2.45) is 5.92 Å². The van der Waals surface area contributed by atoms with E-state index in [-0.39, 0.29) is 11.9 Å². The fourth-order valence-corrected chi connectivity index (χ4v) is 4.49. The molecule has 1 N–H and O–H groups in total. The number of para-hydroxylation sites is 1. The van der Waals surface area contributed by atoms with E-state index in [1.54, 1.807) is 0 Å². The first-order valence-corrected chi connectivity index (χ1v) is 9.84. The van der Waals surface area contributed by atoms with E-state index in [4.69, 9.17) is 4.74 Å². The number of thiophene rings is 1. The van der Waals surface area contributed by atoms with Gasteiger partial charge in [-0.3, -0.25) is 9.48 Å². The van der Waals surface area contributed by atoms with Crippen molar-refractivity contribution >= 4 is 27.5 Å². The standard InChI is InChI=1S/C20H23N3O2S/c1-12(2)11-23-20-15(13(3)22-23)10-18(26-20)19(24)21-16-8-9-25-17-7-5-4-6-14(16)17/h4-7,10,12,16H,8-9,11H2,1-3H3,(H,21,24)/t16-/m1/s1. The average molecular weight is 369 g/mol. The molecule has 3 heterocycles. The molecule has 136 valence electrons. The van der Waals surface area contributed by atoms with Crippen LogP contribution in [0.15, 0.2) is 30.3 Å². The Balaban J connectivity index is 1.59. The average Bonchev–Trinajstić information content (AvgIpc) is 3.17. The van der Waals surface area contributed by atoms with Gasteiger partial charge in [-0.2, -0.15) is 5.10 Å². The lowest BCUT2D eigenvalue weighted by atomic mass is 10.0. The first-order valence-electron chi connectivity index (χ1n) is 9.02. The number of amides is 1. The van der Waals surface area contributed by atoms with Crippen molar-refractivity contribution in [3.63, 3.8) is 0 Å². The number of nitrogens with one attached hydrogen (secondary N) is 1. The molecule has 0 unspecified atom stereocenters. The molecule has 4 rings (SSSR count). The third-order valence-corrected chi connectivity index (χ3v) is 5.78. The number of carbonyl (C=O) groups is 1. The van der Waals surface area contributed by atoms with Gasteiger partial charge in [-0.25, -0.2) is 0 Å². The molecule has 0 aliphatic carbocycles. The zero-order chi connectivity index (χ0) is 18.3. The molecule has 0 saturated heterocycles. The molecular formula is C20H23N3O2S. The van der Waals surface area contributed by atoms with Crippen LogP contribution in [0.2, 0.25) is 0 Å². The van der Waals surface area contributed by atoms with E-state index in [2.05, 4.69) is 24.3 Å². The summed E-state index contributed by atoms with van der Waals surface area (Å²) in [6, 6.07) is 9.88. The summed E-state index contributed by atoms with van der Waals surface area (Å²) in [5.41, 5.74) is 2.03. The number of hydrogen-bond acceptors (Lipinski definition) is 4. The number of ether oxygens (including phenoxy) is 1. The van der Waals surface area contributed by atoms with Crippen molar-refractivity contribution in [3.05, 3.63) is 46.5 Å². The summed E-state index contributed by atoms with van der Waals surface area (Å²) < 4.78 is 7.71. The molecule has 6 heteroatoms. The summed E-state index contributed by atoms with van der Waals surface area (Å²) in [5.74, 6) is 1.35. The van der Waals surface area contributed by atoms with Crippen LogP contribution >= 0.6 is 11.3 Å². The Morgan fingerprint density at radius 3 is 3.04 bits per heavy atom. The van der Waals surface area contributed by atoms with Crippen LogP contribution in [-0.4, -0.2) is 22.3 Å². The third-order valence-electron chi connectivity index (χ3n) is 4.63. The lowest BCUT2D eigenvalue weighted by molar-refractivity contribution is 0.0929. The maximum atomic E-state index is 12.9. The molecule has 26 heavy (non-hydrogen) atoms. The molecule has 1 atom stereocenters. The number of nitrogens with zero attached hydrogens (tertiary/aromatic N) is 2. The zero-order valence-corrected chi connectivity index (χ0v) is 16.1. The largest absolute Gasteiger partial charge is 0.493 e. The van der Waals surface area contributed by atoms with E-state index in [0.29, 0.717) is 12.5 Å². The van der Waals surface area contributed by atoms with Crippen molar-refractivity contribution in [1.29, 1.82) is 0 Å². The SMILES string of the molecule is Cc1nn(CC(C)C)c2sc(C(=O)N[C@@H]3CCOc4ccccc43)cc12. The van der Waals surface area contributed by atoms with Gasteiger partial charge in [0.15, 0.2) is 0 Å². The Morgan fingerprint density at radius 2 is 2.23 bits per heavy atom. The van der Waals surface area contributed by atoms with E-state index < -0.39 is 0 Å². The number of fused-ring (bicyclic) bond motifs is 2. The molecule has 1 aromatic carbocycles.